The molecule has 0 spiro atoms. The summed E-state index contributed by atoms with van der Waals surface area (Å²) in [6.07, 6.45) is -0.134. The molecule has 2 aromatic heterocycles. The SMILES string of the molecule is O=C(CCNS(=O)(=O)c1cccs1)OCc1cc(=O)oc2ccc3ccccc3c12. The molecule has 0 fully saturated rings. The van der Waals surface area contributed by atoms with Gasteiger partial charge >= 0.3 is 11.6 Å². The number of nitrogens with one attached hydrogen (secondary N) is 1. The molecule has 1 N–H and O–H groups in total. The molecule has 0 unspecified atom stereocenters. The molecular weight excluding hydrogens is 426 g/mol. The minimum Gasteiger partial charge on any atom is -0.461 e. The largest absolute Gasteiger partial charge is 0.461 e. The molecule has 2 aromatic carbocycles. The maximum absolute atomic E-state index is 12.1. The number of hydrogen-bond acceptors (Lipinski definition) is 7. The van der Waals surface area contributed by atoms with Gasteiger partial charge in [0, 0.05) is 23.6 Å². The van der Waals surface area contributed by atoms with Gasteiger partial charge in [0.1, 0.15) is 16.4 Å². The first-order valence-corrected chi connectivity index (χ1v) is 11.4. The van der Waals surface area contributed by atoms with E-state index in [4.69, 9.17) is 9.15 Å². The molecule has 0 aliphatic heterocycles. The lowest BCUT2D eigenvalue weighted by Gasteiger charge is -2.10. The molecule has 4 rings (SSSR count). The predicted molar refractivity (Wildman–Crippen MR) is 114 cm³/mol. The van der Waals surface area contributed by atoms with Gasteiger partial charge in [-0.25, -0.2) is 17.9 Å². The highest BCUT2D eigenvalue weighted by Gasteiger charge is 2.16. The van der Waals surface area contributed by atoms with Gasteiger partial charge in [-0.05, 0) is 28.3 Å². The number of carbonyl (C=O) groups excluding carboxylic acids is 1. The van der Waals surface area contributed by atoms with E-state index in [1.807, 2.05) is 30.3 Å². The van der Waals surface area contributed by atoms with E-state index in [9.17, 15) is 18.0 Å². The summed E-state index contributed by atoms with van der Waals surface area (Å²) in [6, 6.07) is 15.6. The average molecular weight is 444 g/mol. The normalized spacial score (nSPS) is 11.7. The molecule has 2 heterocycles. The maximum atomic E-state index is 12.1. The predicted octanol–water partition coefficient (Wildman–Crippen LogP) is 3.42. The molecule has 0 bridgehead atoms. The van der Waals surface area contributed by atoms with Crippen LogP contribution < -0.4 is 10.3 Å². The maximum Gasteiger partial charge on any atom is 0.336 e. The molecule has 7 nitrogen and oxygen atoms in total. The standard InChI is InChI=1S/C21H17NO6S2/c23-18(9-10-22-30(25,26)20-6-3-11-29-20)27-13-15-12-19(24)28-17-8-7-14-4-1-2-5-16(14)21(15)17/h1-8,11-12,22H,9-10,13H2. The van der Waals surface area contributed by atoms with Gasteiger partial charge in [-0.1, -0.05) is 36.4 Å². The minimum atomic E-state index is -3.63. The number of benzene rings is 2. The molecule has 0 radical (unpaired) electrons. The number of sulfonamides is 1. The van der Waals surface area contributed by atoms with Gasteiger partial charge in [0.2, 0.25) is 10.0 Å². The third-order valence-electron chi connectivity index (χ3n) is 4.48. The van der Waals surface area contributed by atoms with Crippen molar-refractivity contribution in [2.45, 2.75) is 17.2 Å². The monoisotopic (exact) mass is 443 g/mol. The van der Waals surface area contributed by atoms with Crippen molar-refractivity contribution in [2.24, 2.45) is 0 Å². The van der Waals surface area contributed by atoms with E-state index in [0.717, 1.165) is 22.1 Å². The van der Waals surface area contributed by atoms with Gasteiger partial charge in [0.25, 0.3) is 0 Å². The second-order valence-electron chi connectivity index (χ2n) is 6.49. The van der Waals surface area contributed by atoms with Gasteiger partial charge in [0.05, 0.1) is 6.42 Å². The molecule has 4 aromatic rings. The Hall–Kier alpha value is -3.01. The molecule has 30 heavy (non-hydrogen) atoms. The number of rotatable bonds is 7. The van der Waals surface area contributed by atoms with E-state index in [-0.39, 0.29) is 23.8 Å². The highest BCUT2D eigenvalue weighted by Crippen LogP contribution is 2.27. The topological polar surface area (TPSA) is 103 Å². The molecular formula is C21H17NO6S2. The molecule has 0 atom stereocenters. The zero-order valence-corrected chi connectivity index (χ0v) is 17.3. The van der Waals surface area contributed by atoms with Crippen LogP contribution in [0.4, 0.5) is 0 Å². The fraction of sp³-hybridized carbons (Fsp3) is 0.143. The Morgan fingerprint density at radius 1 is 1.10 bits per heavy atom. The Morgan fingerprint density at radius 2 is 1.93 bits per heavy atom. The smallest absolute Gasteiger partial charge is 0.336 e. The van der Waals surface area contributed by atoms with Crippen molar-refractivity contribution in [3.63, 3.8) is 0 Å². The van der Waals surface area contributed by atoms with Gasteiger partial charge in [0.15, 0.2) is 0 Å². The van der Waals surface area contributed by atoms with E-state index < -0.39 is 21.6 Å². The summed E-state index contributed by atoms with van der Waals surface area (Å²) in [5, 5.41) is 4.22. The third kappa shape index (κ3) is 4.28. The molecule has 0 saturated heterocycles. The number of ether oxygens (including phenoxy) is 1. The molecule has 0 aliphatic rings. The van der Waals surface area contributed by atoms with Crippen LogP contribution in [0.3, 0.4) is 0 Å². The first-order valence-electron chi connectivity index (χ1n) is 9.07. The zero-order chi connectivity index (χ0) is 21.1. The Balaban J connectivity index is 1.46. The summed E-state index contributed by atoms with van der Waals surface area (Å²) in [5.74, 6) is -0.578. The zero-order valence-electron chi connectivity index (χ0n) is 15.7. The summed E-state index contributed by atoms with van der Waals surface area (Å²) in [4.78, 5) is 24.0. The van der Waals surface area contributed by atoms with E-state index in [2.05, 4.69) is 4.72 Å². The Bertz CT molecular complexity index is 1370. The quantitative estimate of drug-likeness (QED) is 0.267. The number of thiophene rings is 1. The minimum absolute atomic E-state index is 0.0837. The van der Waals surface area contributed by atoms with Crippen molar-refractivity contribution in [1.29, 1.82) is 0 Å². The third-order valence-corrected chi connectivity index (χ3v) is 7.34. The first kappa shape index (κ1) is 20.3. The number of carbonyl (C=O) groups is 1. The second kappa shape index (κ2) is 8.39. The van der Waals surface area contributed by atoms with Crippen molar-refractivity contribution >= 4 is 49.1 Å². The Morgan fingerprint density at radius 3 is 2.73 bits per heavy atom. The molecule has 0 amide bonds. The second-order valence-corrected chi connectivity index (χ2v) is 9.43. The lowest BCUT2D eigenvalue weighted by atomic mass is 10.0. The van der Waals surface area contributed by atoms with E-state index in [0.29, 0.717) is 16.5 Å². The highest BCUT2D eigenvalue weighted by molar-refractivity contribution is 7.91. The summed E-state index contributed by atoms with van der Waals surface area (Å²) in [7, 11) is -3.63. The average Bonchev–Trinajstić information content (AvgIpc) is 3.27. The fourth-order valence-corrected chi connectivity index (χ4v) is 5.21. The van der Waals surface area contributed by atoms with Crippen molar-refractivity contribution in [3.05, 3.63) is 76.0 Å². The van der Waals surface area contributed by atoms with Gasteiger partial charge in [-0.3, -0.25) is 4.79 Å². The summed E-state index contributed by atoms with van der Waals surface area (Å²) >= 11 is 1.09. The van der Waals surface area contributed by atoms with Crippen LogP contribution in [0.1, 0.15) is 12.0 Å². The molecule has 0 aliphatic carbocycles. The van der Waals surface area contributed by atoms with Crippen LogP contribution >= 0.6 is 11.3 Å². The van der Waals surface area contributed by atoms with Crippen LogP contribution in [-0.2, 0) is 26.2 Å². The van der Waals surface area contributed by atoms with Crippen LogP contribution in [0.25, 0.3) is 21.7 Å². The van der Waals surface area contributed by atoms with Crippen LogP contribution in [0, 0.1) is 0 Å². The van der Waals surface area contributed by atoms with E-state index in [1.54, 1.807) is 17.5 Å². The van der Waals surface area contributed by atoms with Crippen LogP contribution in [0.15, 0.2) is 73.4 Å². The molecule has 154 valence electrons. The Kier molecular flexibility index (Phi) is 5.67. The van der Waals surface area contributed by atoms with Gasteiger partial charge in [-0.2, -0.15) is 0 Å². The first-order chi connectivity index (χ1) is 14.4. The van der Waals surface area contributed by atoms with Gasteiger partial charge in [-0.15, -0.1) is 11.3 Å². The summed E-state index contributed by atoms with van der Waals surface area (Å²) in [5.41, 5.74) is 0.411. The van der Waals surface area contributed by atoms with E-state index in [1.165, 1.54) is 12.1 Å². The molecule has 0 saturated carbocycles. The number of hydrogen-bond donors (Lipinski definition) is 1. The fourth-order valence-electron chi connectivity index (χ4n) is 3.14. The summed E-state index contributed by atoms with van der Waals surface area (Å²) in [6.45, 7) is -0.202. The number of fused-ring (bicyclic) bond motifs is 3. The van der Waals surface area contributed by atoms with Crippen molar-refractivity contribution in [3.8, 4) is 0 Å². The lowest BCUT2D eigenvalue weighted by molar-refractivity contribution is -0.144. The van der Waals surface area contributed by atoms with Crippen molar-refractivity contribution < 1.29 is 22.4 Å². The summed E-state index contributed by atoms with van der Waals surface area (Å²) < 4.78 is 37.3. The van der Waals surface area contributed by atoms with Gasteiger partial charge < -0.3 is 9.15 Å². The van der Waals surface area contributed by atoms with Crippen molar-refractivity contribution in [2.75, 3.05) is 6.54 Å². The van der Waals surface area contributed by atoms with Crippen LogP contribution in [0.2, 0.25) is 0 Å². The lowest BCUT2D eigenvalue weighted by Crippen LogP contribution is -2.26. The van der Waals surface area contributed by atoms with Crippen LogP contribution in [0.5, 0.6) is 0 Å². The van der Waals surface area contributed by atoms with Crippen molar-refractivity contribution in [1.82, 2.24) is 4.72 Å². The Labute approximate surface area is 176 Å². The van der Waals surface area contributed by atoms with Crippen LogP contribution in [-0.4, -0.2) is 20.9 Å². The number of esters is 1. The molecule has 9 heteroatoms. The highest BCUT2D eigenvalue weighted by atomic mass is 32.2. The van der Waals surface area contributed by atoms with E-state index >= 15 is 0 Å².